The second-order valence-electron chi connectivity index (χ2n) is 14.3. The average molecular weight is 642 g/mol. The van der Waals surface area contributed by atoms with Crippen molar-refractivity contribution in [3.63, 3.8) is 0 Å². The van der Waals surface area contributed by atoms with Crippen molar-refractivity contribution < 1.29 is 23.9 Å². The van der Waals surface area contributed by atoms with Crippen LogP contribution in [-0.2, 0) is 19.1 Å². The number of esters is 1. The van der Waals surface area contributed by atoms with E-state index in [1.807, 2.05) is 48.5 Å². The molecule has 9 heteroatoms. The van der Waals surface area contributed by atoms with Crippen LogP contribution in [0.15, 0.2) is 82.3 Å². The maximum absolute atomic E-state index is 14.1. The molecule has 0 radical (unpaired) electrons. The van der Waals surface area contributed by atoms with E-state index in [-0.39, 0.29) is 29.0 Å². The van der Waals surface area contributed by atoms with E-state index >= 15 is 0 Å². The van der Waals surface area contributed by atoms with Crippen molar-refractivity contribution in [2.45, 2.75) is 79.2 Å². The molecule has 2 heterocycles. The Morgan fingerprint density at radius 2 is 1.37 bits per heavy atom. The fourth-order valence-corrected chi connectivity index (χ4v) is 7.63. The molecule has 2 N–H and O–H groups in total. The van der Waals surface area contributed by atoms with Crippen LogP contribution < -0.4 is 15.5 Å². The van der Waals surface area contributed by atoms with Gasteiger partial charge in [0.05, 0.1) is 18.2 Å². The quantitative estimate of drug-likeness (QED) is 0.329. The molecule has 4 aliphatic rings. The number of rotatable bonds is 5. The molecule has 8 nitrogen and oxygen atoms in total. The van der Waals surface area contributed by atoms with Crippen molar-refractivity contribution in [1.82, 2.24) is 10.6 Å². The van der Waals surface area contributed by atoms with Gasteiger partial charge in [0.1, 0.15) is 0 Å². The third-order valence-electron chi connectivity index (χ3n) is 9.36. The van der Waals surface area contributed by atoms with Gasteiger partial charge in [-0.25, -0.2) is 9.59 Å². The zero-order valence-corrected chi connectivity index (χ0v) is 27.9. The number of anilines is 1. The fraction of sp³-hybridized carbons (Fsp3) is 0.405. The Kier molecular flexibility index (Phi) is 8.00. The zero-order chi connectivity index (χ0) is 33.1. The fourth-order valence-electron chi connectivity index (χ4n) is 7.50. The van der Waals surface area contributed by atoms with Gasteiger partial charge in [-0.05, 0) is 72.9 Å². The van der Waals surface area contributed by atoms with Gasteiger partial charge in [-0.15, -0.1) is 0 Å². The molecule has 0 spiro atoms. The first-order valence-electron chi connectivity index (χ1n) is 15.8. The number of halogens is 1. The van der Waals surface area contributed by atoms with Crippen molar-refractivity contribution in [2.24, 2.45) is 10.8 Å². The van der Waals surface area contributed by atoms with Gasteiger partial charge in [-0.1, -0.05) is 63.6 Å². The van der Waals surface area contributed by atoms with Gasteiger partial charge in [0.15, 0.2) is 11.6 Å². The van der Waals surface area contributed by atoms with Crippen LogP contribution in [0.5, 0.6) is 0 Å². The summed E-state index contributed by atoms with van der Waals surface area (Å²) in [5, 5.41) is 6.13. The number of carbonyl (C=O) groups excluding carboxylic acids is 4. The number of hydrogen-bond acceptors (Lipinski definition) is 6. The number of ether oxygens (including phenoxy) is 1. The molecular formula is C37H40ClN3O5. The predicted molar refractivity (Wildman–Crippen MR) is 177 cm³/mol. The van der Waals surface area contributed by atoms with Crippen LogP contribution in [0, 0.1) is 10.8 Å². The van der Waals surface area contributed by atoms with Crippen LogP contribution in [-0.4, -0.2) is 30.2 Å². The lowest BCUT2D eigenvalue weighted by atomic mass is 9.63. The van der Waals surface area contributed by atoms with Crippen LogP contribution >= 0.6 is 11.6 Å². The predicted octanol–water partition coefficient (Wildman–Crippen LogP) is 7.42. The molecule has 240 valence electrons. The van der Waals surface area contributed by atoms with Crippen molar-refractivity contribution >= 4 is 40.9 Å². The molecule has 0 saturated carbocycles. The lowest BCUT2D eigenvalue weighted by molar-refractivity contribution is -0.139. The lowest BCUT2D eigenvalue weighted by Crippen LogP contribution is -2.45. The van der Waals surface area contributed by atoms with Gasteiger partial charge in [0, 0.05) is 57.7 Å². The minimum absolute atomic E-state index is 0.0501. The molecule has 6 rings (SSSR count). The summed E-state index contributed by atoms with van der Waals surface area (Å²) in [5.74, 6) is -0.861. The van der Waals surface area contributed by atoms with Gasteiger partial charge in [0.2, 0.25) is 0 Å². The summed E-state index contributed by atoms with van der Waals surface area (Å²) in [6.07, 6.45) is 2.10. The molecule has 2 amide bonds. The third kappa shape index (κ3) is 5.68. The van der Waals surface area contributed by atoms with E-state index in [0.717, 1.165) is 22.6 Å². The van der Waals surface area contributed by atoms with Crippen LogP contribution in [0.2, 0.25) is 5.02 Å². The van der Waals surface area contributed by atoms with Gasteiger partial charge in [-0.3, -0.25) is 9.59 Å². The average Bonchev–Trinajstić information content (AvgIpc) is 2.95. The van der Waals surface area contributed by atoms with Crippen LogP contribution in [0.4, 0.5) is 10.5 Å². The summed E-state index contributed by atoms with van der Waals surface area (Å²) in [6.45, 7) is 12.1. The molecule has 0 fully saturated rings. The highest BCUT2D eigenvalue weighted by molar-refractivity contribution is 6.30. The van der Waals surface area contributed by atoms with E-state index in [1.165, 1.54) is 0 Å². The summed E-state index contributed by atoms with van der Waals surface area (Å²) in [7, 11) is 0. The molecule has 0 saturated heterocycles. The smallest absolute Gasteiger partial charge is 0.338 e. The maximum atomic E-state index is 14.1. The largest absolute Gasteiger partial charge is 0.463 e. The van der Waals surface area contributed by atoms with Crippen LogP contribution in [0.1, 0.15) is 90.3 Å². The number of urea groups is 1. The highest BCUT2D eigenvalue weighted by Gasteiger charge is 2.49. The molecule has 0 aromatic heterocycles. The molecule has 1 atom stereocenters. The zero-order valence-electron chi connectivity index (χ0n) is 27.2. The van der Waals surface area contributed by atoms with Crippen molar-refractivity contribution in [3.8, 4) is 0 Å². The Labute approximate surface area is 274 Å². The number of amides is 2. The summed E-state index contributed by atoms with van der Waals surface area (Å²) in [6, 6.07) is 14.0. The molecule has 2 aromatic carbocycles. The lowest BCUT2D eigenvalue weighted by Gasteiger charge is -2.49. The highest BCUT2D eigenvalue weighted by Crippen LogP contribution is 2.55. The first-order valence-corrected chi connectivity index (χ1v) is 16.2. The molecule has 0 bridgehead atoms. The third-order valence-corrected chi connectivity index (χ3v) is 9.61. The Balaban J connectivity index is 1.52. The summed E-state index contributed by atoms with van der Waals surface area (Å²) in [5.41, 5.74) is 5.81. The number of nitrogens with zero attached hydrogens (tertiary/aromatic N) is 1. The Morgan fingerprint density at radius 3 is 1.89 bits per heavy atom. The minimum atomic E-state index is -0.701. The maximum Gasteiger partial charge on any atom is 0.338 e. The van der Waals surface area contributed by atoms with Crippen molar-refractivity contribution in [3.05, 3.63) is 98.5 Å². The first-order chi connectivity index (χ1) is 21.7. The van der Waals surface area contributed by atoms with Gasteiger partial charge >= 0.3 is 12.0 Å². The van der Waals surface area contributed by atoms with Gasteiger partial charge in [0.25, 0.3) is 0 Å². The molecule has 46 heavy (non-hydrogen) atoms. The second kappa shape index (κ2) is 11.6. The van der Waals surface area contributed by atoms with Crippen molar-refractivity contribution in [2.75, 3.05) is 11.5 Å². The number of hydrogen-bond donors (Lipinski definition) is 2. The van der Waals surface area contributed by atoms with E-state index in [2.05, 4.69) is 43.2 Å². The van der Waals surface area contributed by atoms with E-state index in [0.29, 0.717) is 58.7 Å². The number of benzene rings is 2. The highest BCUT2D eigenvalue weighted by atomic mass is 35.5. The number of carbonyl (C=O) groups is 4. The van der Waals surface area contributed by atoms with E-state index in [1.54, 1.807) is 13.8 Å². The Hall–Kier alpha value is -4.17. The monoisotopic (exact) mass is 641 g/mol. The first kappa shape index (κ1) is 31.8. The van der Waals surface area contributed by atoms with Crippen LogP contribution in [0.25, 0.3) is 0 Å². The molecule has 2 aromatic rings. The van der Waals surface area contributed by atoms with Gasteiger partial charge in [-0.2, -0.15) is 0 Å². The second-order valence-corrected chi connectivity index (χ2v) is 14.7. The number of Topliss-reactive ketones (excluding diaryl/α,β-unsaturated/α-hetero) is 2. The Morgan fingerprint density at radius 1 is 0.848 bits per heavy atom. The standard InChI is InChI=1S/C37H40ClN3O5/c1-7-46-34(44)29-20(2)39-35(45)40-33(29)22-10-14-24(15-11-22)41-25-16-36(3,4)18-27(42)31(25)30(21-8-12-23(38)13-9-21)32-26(41)17-37(5,6)19-28(32)43/h8-15,30,33H,7,16-19H2,1-6H3,(H2,39,40,45). The molecule has 1 unspecified atom stereocenters. The topological polar surface area (TPSA) is 105 Å². The summed E-state index contributed by atoms with van der Waals surface area (Å²) >= 11 is 6.27. The van der Waals surface area contributed by atoms with Crippen LogP contribution in [0.3, 0.4) is 0 Å². The SMILES string of the molecule is CCOC(=O)C1=C(C)NC(=O)NC1c1ccc(N2C3=C(C(=O)CC(C)(C)C3)C(c3ccc(Cl)cc3)C3=C2CC(C)(C)CC3=O)cc1. The molecule has 2 aliphatic heterocycles. The Bertz CT molecular complexity index is 1690. The summed E-state index contributed by atoms with van der Waals surface area (Å²) in [4.78, 5) is 55.8. The molecule has 2 aliphatic carbocycles. The number of ketones is 2. The number of allylic oxidation sites excluding steroid dienone is 5. The minimum Gasteiger partial charge on any atom is -0.463 e. The normalized spacial score (nSPS) is 22.7. The van der Waals surface area contributed by atoms with Gasteiger partial charge < -0.3 is 20.3 Å². The molecular weight excluding hydrogens is 602 g/mol. The van der Waals surface area contributed by atoms with E-state index in [4.69, 9.17) is 16.3 Å². The van der Waals surface area contributed by atoms with E-state index in [9.17, 15) is 19.2 Å². The van der Waals surface area contributed by atoms with E-state index < -0.39 is 24.0 Å². The van der Waals surface area contributed by atoms with Crippen molar-refractivity contribution in [1.29, 1.82) is 0 Å². The summed E-state index contributed by atoms with van der Waals surface area (Å²) < 4.78 is 5.31. The number of nitrogens with one attached hydrogen (secondary N) is 2.